The number of aryl methyl sites for hydroxylation is 1. The van der Waals surface area contributed by atoms with Gasteiger partial charge in [-0.05, 0) is 47.7 Å². The van der Waals surface area contributed by atoms with Crippen molar-refractivity contribution in [1.29, 1.82) is 5.26 Å². The first-order chi connectivity index (χ1) is 12.2. The molecule has 120 valence electrons. The van der Waals surface area contributed by atoms with Gasteiger partial charge < -0.3 is 4.98 Å². The van der Waals surface area contributed by atoms with E-state index in [1.54, 1.807) is 0 Å². The molecule has 0 radical (unpaired) electrons. The second-order valence-corrected chi connectivity index (χ2v) is 6.17. The molecule has 3 aromatic carbocycles. The highest BCUT2D eigenvalue weighted by Gasteiger charge is 2.07. The zero-order valence-corrected chi connectivity index (χ0v) is 14.0. The van der Waals surface area contributed by atoms with Crippen LogP contribution in [-0.4, -0.2) is 9.97 Å². The van der Waals surface area contributed by atoms with Gasteiger partial charge in [0.25, 0.3) is 0 Å². The summed E-state index contributed by atoms with van der Waals surface area (Å²) in [6.45, 7) is 1.98. The van der Waals surface area contributed by atoms with Crippen LogP contribution in [0.2, 0.25) is 0 Å². The molecule has 4 rings (SSSR count). The molecule has 0 bridgehead atoms. The molecule has 1 heterocycles. The normalized spacial score (nSPS) is 10.7. The predicted octanol–water partition coefficient (Wildman–Crippen LogP) is 5.00. The monoisotopic (exact) mass is 323 g/mol. The van der Waals surface area contributed by atoms with Gasteiger partial charge in [0.2, 0.25) is 0 Å². The molecule has 0 aliphatic rings. The molecular weight excluding hydrogens is 306 g/mol. The molecule has 1 N–H and O–H groups in total. The summed E-state index contributed by atoms with van der Waals surface area (Å²) in [5.74, 6) is 0.936. The zero-order valence-electron chi connectivity index (χ0n) is 14.0. The van der Waals surface area contributed by atoms with Gasteiger partial charge in [-0.15, -0.1) is 0 Å². The average molecular weight is 323 g/mol. The summed E-state index contributed by atoms with van der Waals surface area (Å²) in [6.07, 6.45) is 0.835. The van der Waals surface area contributed by atoms with E-state index in [1.807, 2.05) is 31.2 Å². The number of H-pyrrole nitrogens is 1. The Bertz CT molecular complexity index is 1080. The molecule has 3 nitrogen and oxygen atoms in total. The lowest BCUT2D eigenvalue weighted by Gasteiger charge is -2.07. The second-order valence-electron chi connectivity index (χ2n) is 6.17. The third kappa shape index (κ3) is 2.90. The van der Waals surface area contributed by atoms with Crippen molar-refractivity contribution in [3.05, 3.63) is 89.2 Å². The highest BCUT2D eigenvalue weighted by molar-refractivity contribution is 5.79. The lowest BCUT2D eigenvalue weighted by atomic mass is 9.97. The maximum atomic E-state index is 9.27. The van der Waals surface area contributed by atoms with Crippen molar-refractivity contribution in [3.63, 3.8) is 0 Å². The van der Waals surface area contributed by atoms with Crippen molar-refractivity contribution in [1.82, 2.24) is 9.97 Å². The van der Waals surface area contributed by atoms with Crippen LogP contribution in [-0.2, 0) is 6.42 Å². The number of nitrogens with one attached hydrogen (secondary N) is 1. The molecule has 3 heteroatoms. The fourth-order valence-corrected chi connectivity index (χ4v) is 3.21. The first kappa shape index (κ1) is 15.2. The molecule has 4 aromatic rings. The van der Waals surface area contributed by atoms with Crippen LogP contribution in [0.3, 0.4) is 0 Å². The molecule has 0 spiro atoms. The third-order valence-electron chi connectivity index (χ3n) is 4.42. The second kappa shape index (κ2) is 6.26. The molecule has 0 aliphatic carbocycles. The SMILES string of the molecule is Cc1nc2c(Cc3ccc(-c4ccccc4C#N)cc3)cccc2[nH]1. The van der Waals surface area contributed by atoms with Gasteiger partial charge in [-0.3, -0.25) is 0 Å². The highest BCUT2D eigenvalue weighted by Crippen LogP contribution is 2.25. The van der Waals surface area contributed by atoms with Gasteiger partial charge in [-0.25, -0.2) is 4.98 Å². The fourth-order valence-electron chi connectivity index (χ4n) is 3.21. The summed E-state index contributed by atoms with van der Waals surface area (Å²) < 4.78 is 0. The standard InChI is InChI=1S/C22H17N3/c1-15-24-21-8-4-6-18(22(21)25-15)13-16-9-11-17(12-10-16)20-7-3-2-5-19(20)14-23/h2-12H,13H2,1H3,(H,24,25). The topological polar surface area (TPSA) is 52.5 Å². The Morgan fingerprint density at radius 3 is 2.56 bits per heavy atom. The van der Waals surface area contributed by atoms with Crippen molar-refractivity contribution in [3.8, 4) is 17.2 Å². The van der Waals surface area contributed by atoms with Gasteiger partial charge in [0.05, 0.1) is 22.7 Å². The van der Waals surface area contributed by atoms with E-state index < -0.39 is 0 Å². The first-order valence-electron chi connectivity index (χ1n) is 8.27. The maximum absolute atomic E-state index is 9.27. The van der Waals surface area contributed by atoms with Crippen LogP contribution in [0.15, 0.2) is 66.7 Å². The minimum Gasteiger partial charge on any atom is -0.342 e. The Balaban J connectivity index is 1.65. The molecule has 0 aliphatic heterocycles. The van der Waals surface area contributed by atoms with E-state index in [0.717, 1.165) is 34.4 Å². The van der Waals surface area contributed by atoms with Crippen molar-refractivity contribution < 1.29 is 0 Å². The van der Waals surface area contributed by atoms with Crippen molar-refractivity contribution in [2.75, 3.05) is 0 Å². The largest absolute Gasteiger partial charge is 0.342 e. The van der Waals surface area contributed by atoms with Crippen LogP contribution >= 0.6 is 0 Å². The van der Waals surface area contributed by atoms with E-state index in [1.165, 1.54) is 11.1 Å². The predicted molar refractivity (Wildman–Crippen MR) is 100 cm³/mol. The Kier molecular flexibility index (Phi) is 3.80. The minimum atomic E-state index is 0.701. The van der Waals surface area contributed by atoms with Gasteiger partial charge in [0.15, 0.2) is 0 Å². The molecule has 0 saturated carbocycles. The Hall–Kier alpha value is -3.38. The molecule has 0 amide bonds. The molecule has 0 fully saturated rings. The number of hydrogen-bond donors (Lipinski definition) is 1. The third-order valence-corrected chi connectivity index (χ3v) is 4.42. The van der Waals surface area contributed by atoms with Crippen LogP contribution in [0.4, 0.5) is 0 Å². The molecule has 1 aromatic heterocycles. The summed E-state index contributed by atoms with van der Waals surface area (Å²) in [6, 6.07) is 24.6. The Labute approximate surface area is 146 Å². The van der Waals surface area contributed by atoms with Crippen molar-refractivity contribution >= 4 is 11.0 Å². The summed E-state index contributed by atoms with van der Waals surface area (Å²) in [5, 5.41) is 9.27. The summed E-state index contributed by atoms with van der Waals surface area (Å²) >= 11 is 0. The lowest BCUT2D eigenvalue weighted by Crippen LogP contribution is -1.91. The number of para-hydroxylation sites is 1. The van der Waals surface area contributed by atoms with Crippen LogP contribution in [0.5, 0.6) is 0 Å². The smallest absolute Gasteiger partial charge is 0.104 e. The number of imidazole rings is 1. The van der Waals surface area contributed by atoms with Crippen molar-refractivity contribution in [2.24, 2.45) is 0 Å². The number of nitriles is 1. The Morgan fingerprint density at radius 2 is 1.76 bits per heavy atom. The van der Waals surface area contributed by atoms with E-state index in [4.69, 9.17) is 0 Å². The van der Waals surface area contributed by atoms with E-state index >= 15 is 0 Å². The summed E-state index contributed by atoms with van der Waals surface area (Å²) in [7, 11) is 0. The summed E-state index contributed by atoms with van der Waals surface area (Å²) in [4.78, 5) is 7.89. The number of fused-ring (bicyclic) bond motifs is 1. The zero-order chi connectivity index (χ0) is 17.2. The number of benzene rings is 3. The number of hydrogen-bond acceptors (Lipinski definition) is 2. The van der Waals surface area contributed by atoms with E-state index in [-0.39, 0.29) is 0 Å². The van der Waals surface area contributed by atoms with Crippen LogP contribution < -0.4 is 0 Å². The van der Waals surface area contributed by atoms with Crippen LogP contribution in [0.1, 0.15) is 22.5 Å². The van der Waals surface area contributed by atoms with E-state index in [2.05, 4.69) is 58.5 Å². The Morgan fingerprint density at radius 1 is 0.960 bits per heavy atom. The molecular formula is C22H17N3. The molecule has 0 unspecified atom stereocenters. The van der Waals surface area contributed by atoms with Crippen LogP contribution in [0.25, 0.3) is 22.2 Å². The van der Waals surface area contributed by atoms with Gasteiger partial charge in [0, 0.05) is 0 Å². The molecule has 0 atom stereocenters. The number of nitrogens with zero attached hydrogens (tertiary/aromatic N) is 2. The number of aromatic nitrogens is 2. The van der Waals surface area contributed by atoms with E-state index in [9.17, 15) is 5.26 Å². The number of rotatable bonds is 3. The van der Waals surface area contributed by atoms with Gasteiger partial charge >= 0.3 is 0 Å². The van der Waals surface area contributed by atoms with Crippen LogP contribution in [0, 0.1) is 18.3 Å². The van der Waals surface area contributed by atoms with E-state index in [0.29, 0.717) is 5.56 Å². The quantitative estimate of drug-likeness (QED) is 0.577. The maximum Gasteiger partial charge on any atom is 0.104 e. The lowest BCUT2D eigenvalue weighted by molar-refractivity contribution is 1.16. The average Bonchev–Trinajstić information content (AvgIpc) is 3.04. The fraction of sp³-hybridized carbons (Fsp3) is 0.0909. The van der Waals surface area contributed by atoms with Gasteiger partial charge in [0.1, 0.15) is 5.82 Å². The minimum absolute atomic E-state index is 0.701. The number of aromatic amines is 1. The molecule has 0 saturated heterocycles. The van der Waals surface area contributed by atoms with Gasteiger partial charge in [-0.2, -0.15) is 5.26 Å². The first-order valence-corrected chi connectivity index (χ1v) is 8.27. The van der Waals surface area contributed by atoms with Crippen molar-refractivity contribution in [2.45, 2.75) is 13.3 Å². The molecule has 25 heavy (non-hydrogen) atoms. The summed E-state index contributed by atoms with van der Waals surface area (Å²) in [5.41, 5.74) is 7.30. The van der Waals surface area contributed by atoms with Gasteiger partial charge in [-0.1, -0.05) is 54.6 Å². The highest BCUT2D eigenvalue weighted by atomic mass is 14.9.